The lowest BCUT2D eigenvalue weighted by molar-refractivity contribution is -0.322. The van der Waals surface area contributed by atoms with Crippen molar-refractivity contribution in [2.45, 2.75) is 199 Å². The average Bonchev–Trinajstić information content (AvgIpc) is 3.47. The van der Waals surface area contributed by atoms with Crippen molar-refractivity contribution in [1.82, 2.24) is 16.0 Å². The fraction of sp³-hybridized carbons (Fsp3) is 0.952. The largest absolute Gasteiger partial charge is 0.394 e. The number of hydrogen-bond acceptors (Lipinski definition) is 27. The number of ether oxygens (including phenoxy) is 8. The maximum absolute atomic E-state index is 13.2. The monoisotopic (exact) mass is 1290 g/mol. The molecule has 26 unspecified atom stereocenters. The second-order valence-corrected chi connectivity index (χ2v) is 30.5. The van der Waals surface area contributed by atoms with Crippen LogP contribution in [-0.4, -0.2) is 272 Å². The van der Waals surface area contributed by atoms with Crippen molar-refractivity contribution >= 4 is 90.5 Å². The summed E-state index contributed by atoms with van der Waals surface area (Å²) in [5.41, 5.74) is 5.40. The summed E-state index contributed by atoms with van der Waals surface area (Å²) in [5, 5.41) is 103. The SMILES string of the molecule is BC1CC(OP(O)(=S)OCC)C(COP(O)(=S)OC2CC(B)OC2COP(O)(=S)OC2CC(BCC(C)(C)C3(O)C(C)OC(OC4CC(O)(NC(=N)N)C(NC(=N)N)C(O)C4O)C3OC3OC(CO)C(O)C(O)C3NC)OC2COC)O1. The number of likely N-dealkylation sites (N-methyl/N-ethyl adjacent to an activating group) is 1. The van der Waals surface area contributed by atoms with E-state index in [9.17, 15) is 50.4 Å². The predicted molar refractivity (Wildman–Crippen MR) is 307 cm³/mol. The molecule has 31 nitrogen and oxygen atoms in total. The molecule has 0 aromatic heterocycles. The second kappa shape index (κ2) is 29.1. The van der Waals surface area contributed by atoms with Crippen LogP contribution in [0.4, 0.5) is 0 Å². The van der Waals surface area contributed by atoms with E-state index in [1.54, 1.807) is 36.5 Å². The van der Waals surface area contributed by atoms with Gasteiger partial charge >= 0.3 is 20.2 Å². The molecule has 0 bridgehead atoms. The number of hydrogen-bond donors (Lipinski definition) is 17. The quantitative estimate of drug-likeness (QED) is 0.0114. The van der Waals surface area contributed by atoms with Crippen LogP contribution in [0, 0.1) is 16.2 Å². The highest BCUT2D eigenvalue weighted by Gasteiger charge is 2.65. The summed E-state index contributed by atoms with van der Waals surface area (Å²) in [4.78, 5) is 33.1. The molecule has 0 aromatic carbocycles. The van der Waals surface area contributed by atoms with E-state index in [2.05, 4.69) is 16.0 Å². The lowest BCUT2D eigenvalue weighted by Gasteiger charge is -2.50. The zero-order valence-corrected chi connectivity index (χ0v) is 51.9. The molecule has 1 aliphatic carbocycles. The second-order valence-electron chi connectivity index (χ2n) is 22.1. The smallest absolute Gasteiger partial charge is 0.324 e. The van der Waals surface area contributed by atoms with E-state index in [0.717, 1.165) is 0 Å². The van der Waals surface area contributed by atoms with Gasteiger partial charge in [0.05, 0.1) is 69.6 Å². The first-order chi connectivity index (χ1) is 38.1. The maximum Gasteiger partial charge on any atom is 0.324 e. The van der Waals surface area contributed by atoms with Gasteiger partial charge in [0.2, 0.25) is 0 Å². The number of aliphatic hydroxyl groups excluding tert-OH is 5. The van der Waals surface area contributed by atoms with E-state index in [0.29, 0.717) is 6.42 Å². The number of guanidine groups is 2. The Hall–Kier alpha value is -0.315. The fourth-order valence-corrected chi connectivity index (χ4v) is 16.1. The van der Waals surface area contributed by atoms with Crippen LogP contribution in [0.1, 0.15) is 53.4 Å². The molecule has 5 heterocycles. The molecule has 6 fully saturated rings. The van der Waals surface area contributed by atoms with Crippen molar-refractivity contribution in [3.8, 4) is 0 Å². The summed E-state index contributed by atoms with van der Waals surface area (Å²) in [5.74, 6) is -1.44. The van der Waals surface area contributed by atoms with E-state index < -0.39 is 178 Å². The maximum atomic E-state index is 13.2. The molecule has 1 saturated carbocycles. The first kappa shape index (κ1) is 70.8. The minimum atomic E-state index is -4.09. The third kappa shape index (κ3) is 17.3. The van der Waals surface area contributed by atoms with Gasteiger partial charge < -0.3 is 143 Å². The normalized spacial score (nSPS) is 43.0. The number of rotatable bonds is 28. The Balaban J connectivity index is 1.13. The van der Waals surface area contributed by atoms with Crippen LogP contribution in [0.15, 0.2) is 0 Å². The molecule has 40 heteroatoms. The molecule has 26 atom stereocenters. The number of nitrogens with two attached hydrogens (primary N) is 2. The number of aliphatic hydroxyl groups is 7. The molecule has 0 spiro atoms. The van der Waals surface area contributed by atoms with Gasteiger partial charge in [0, 0.05) is 31.5 Å². The Morgan fingerprint density at radius 3 is 1.77 bits per heavy atom. The van der Waals surface area contributed by atoms with E-state index in [4.69, 9.17) is 123 Å². The highest BCUT2D eigenvalue weighted by atomic mass is 32.5. The van der Waals surface area contributed by atoms with Gasteiger partial charge in [-0.25, -0.2) is 0 Å². The predicted octanol–water partition coefficient (Wildman–Crippen LogP) is -6.58. The minimum absolute atomic E-state index is 0.0114. The van der Waals surface area contributed by atoms with Crippen LogP contribution < -0.4 is 27.4 Å². The van der Waals surface area contributed by atoms with Crippen molar-refractivity contribution in [2.75, 3.05) is 47.2 Å². The Morgan fingerprint density at radius 2 is 1.27 bits per heavy atom. The molecular weight excluding hydrogens is 1210 g/mol. The zero-order chi connectivity index (χ0) is 61.1. The minimum Gasteiger partial charge on any atom is -0.394 e. The summed E-state index contributed by atoms with van der Waals surface area (Å²) in [6.45, 7) is -6.16. The molecule has 0 radical (unpaired) electrons. The van der Waals surface area contributed by atoms with Crippen molar-refractivity contribution in [3.05, 3.63) is 0 Å². The molecule has 0 aromatic rings. The van der Waals surface area contributed by atoms with Gasteiger partial charge in [0.25, 0.3) is 0 Å². The summed E-state index contributed by atoms with van der Waals surface area (Å²) >= 11 is 16.0. The van der Waals surface area contributed by atoms with Gasteiger partial charge in [-0.1, -0.05) is 20.2 Å². The third-order valence-corrected chi connectivity index (χ3v) is 20.5. The van der Waals surface area contributed by atoms with E-state index in [1.807, 2.05) is 0 Å². The highest BCUT2D eigenvalue weighted by molar-refractivity contribution is 8.07. The summed E-state index contributed by atoms with van der Waals surface area (Å²) in [6.07, 6.45) is -20.3. The average molecular weight is 1290 g/mol. The molecule has 5 aliphatic heterocycles. The number of methoxy groups -OCH3 is 1. The Kier molecular flexibility index (Phi) is 25.1. The Bertz CT molecular complexity index is 2310. The van der Waals surface area contributed by atoms with Crippen LogP contribution >= 0.6 is 20.2 Å². The topological polar surface area (TPSA) is 467 Å². The summed E-state index contributed by atoms with van der Waals surface area (Å²) in [6, 6.07) is -4.05. The fourth-order valence-electron chi connectivity index (χ4n) is 11.6. The molecule has 6 aliphatic rings. The molecular formula is C42H83B3N7O24P3S3. The first-order valence-corrected chi connectivity index (χ1v) is 34.6. The third-order valence-electron chi connectivity index (χ3n) is 15.7. The van der Waals surface area contributed by atoms with Gasteiger partial charge in [-0.05, 0) is 81.0 Å². The van der Waals surface area contributed by atoms with Crippen molar-refractivity contribution in [3.63, 3.8) is 0 Å². The van der Waals surface area contributed by atoms with Gasteiger partial charge in [0.1, 0.15) is 82.3 Å². The van der Waals surface area contributed by atoms with Gasteiger partial charge in [0.15, 0.2) is 37.5 Å². The lowest BCUT2D eigenvalue weighted by atomic mass is 9.53. The van der Waals surface area contributed by atoms with Crippen LogP contribution in [0.2, 0.25) is 6.32 Å². The van der Waals surface area contributed by atoms with Crippen molar-refractivity contribution in [2.24, 2.45) is 16.9 Å². The zero-order valence-electron chi connectivity index (χ0n) is 46.8. The van der Waals surface area contributed by atoms with Gasteiger partial charge in [-0.3, -0.25) is 10.8 Å². The number of nitrogens with one attached hydrogen (secondary N) is 5. The van der Waals surface area contributed by atoms with Crippen LogP contribution in [0.5, 0.6) is 0 Å². The van der Waals surface area contributed by atoms with Crippen molar-refractivity contribution < 1.29 is 115 Å². The molecule has 82 heavy (non-hydrogen) atoms. The molecule has 472 valence electrons. The molecule has 0 amide bonds. The van der Waals surface area contributed by atoms with Crippen LogP contribution in [-0.2, 0) is 100 Å². The molecule has 5 saturated heterocycles. The lowest BCUT2D eigenvalue weighted by Crippen LogP contribution is -2.75. The van der Waals surface area contributed by atoms with Gasteiger partial charge in [-0.15, -0.1) is 0 Å². The van der Waals surface area contributed by atoms with Crippen LogP contribution in [0.25, 0.3) is 0 Å². The Labute approximate surface area is 493 Å². The molecule has 19 N–H and O–H groups in total. The van der Waals surface area contributed by atoms with E-state index in [1.165, 1.54) is 21.1 Å². The first-order valence-electron chi connectivity index (χ1n) is 26.8. The van der Waals surface area contributed by atoms with Crippen LogP contribution in [0.3, 0.4) is 0 Å². The Morgan fingerprint density at radius 1 is 0.732 bits per heavy atom. The highest BCUT2D eigenvalue weighted by Crippen LogP contribution is 2.54. The van der Waals surface area contributed by atoms with E-state index in [-0.39, 0.29) is 64.9 Å². The summed E-state index contributed by atoms with van der Waals surface area (Å²) in [7, 11) is 6.71. The van der Waals surface area contributed by atoms with Gasteiger partial charge in [-0.2, -0.15) is 0 Å². The molecule has 6 rings (SSSR count). The standard InChI is InChI=1S/C42H83B3N7O24P3S3/c1-7-64-77(60,80)74-18-8-26(43)68-24(18)14-65-78(61,81)75-19-9-27(44)69-25(19)15-66-79(62,82)76-20-10-28(70-23(20)13-63-6)45-16-40(3,4)42(59)17(2)67-37(35(42)73-36-29(50-5)32(56)31(55)22(12-53)72-36)71-21-11-41(58,52-39(48)49)34(51-38(46)47)33(57)30(21)54/h17-37,45,50,53-59H,7-16,43-44H2,1-6H3,(H,60,80)(H,61,81)(H,62,82)(H4,46,47,51)(H4,48,49,52). The van der Waals surface area contributed by atoms with E-state index >= 15 is 0 Å². The van der Waals surface area contributed by atoms with Crippen molar-refractivity contribution in [1.29, 1.82) is 10.8 Å². The summed E-state index contributed by atoms with van der Waals surface area (Å²) < 4.78 is 83.3.